The van der Waals surface area contributed by atoms with E-state index in [1.54, 1.807) is 0 Å². The topological polar surface area (TPSA) is 109 Å². The minimum Gasteiger partial charge on any atom is -0.281 e. The number of halogens is 18. The van der Waals surface area contributed by atoms with Gasteiger partial charge in [0, 0.05) is 23.1 Å². The summed E-state index contributed by atoms with van der Waals surface area (Å²) >= 11 is 0. The largest absolute Gasteiger partial charge is 0.460 e. The maximum Gasteiger partial charge on any atom is 0.460 e. The van der Waals surface area contributed by atoms with Gasteiger partial charge in [-0.3, -0.25) is 9.11 Å². The van der Waals surface area contributed by atoms with E-state index < -0.39 is 66.8 Å². The van der Waals surface area contributed by atoms with Crippen molar-refractivity contribution in [3.8, 4) is 0 Å². The molecular weight excluding hydrogens is 622 g/mol. The highest BCUT2D eigenvalue weighted by atomic mass is 32.2. The maximum absolute atomic E-state index is 12.2. The molecule has 0 aromatic rings. The standard InChI is InChI=1S/2C4HF9O3S.Mg/c2*5-1(6,3(9,10)11)2(7,8)4(12,13)17(14,15)16;/h2*(H,14,15,16);. The number of alkyl halides is 18. The van der Waals surface area contributed by atoms with Crippen molar-refractivity contribution in [2.45, 2.75) is 46.6 Å². The van der Waals surface area contributed by atoms with Crippen LogP contribution in [0.25, 0.3) is 0 Å². The van der Waals surface area contributed by atoms with Crippen LogP contribution in [-0.4, -0.2) is 95.5 Å². The second-order valence-corrected chi connectivity index (χ2v) is 8.20. The summed E-state index contributed by atoms with van der Waals surface area (Å²) in [6, 6.07) is 0. The summed E-state index contributed by atoms with van der Waals surface area (Å²) in [5.74, 6) is -29.4. The van der Waals surface area contributed by atoms with Gasteiger partial charge in [-0.15, -0.1) is 0 Å². The first-order chi connectivity index (χ1) is 14.0. The molecule has 27 heteroatoms. The highest BCUT2D eigenvalue weighted by molar-refractivity contribution is 7.87. The highest BCUT2D eigenvalue weighted by Crippen LogP contribution is 2.55. The van der Waals surface area contributed by atoms with Crippen molar-refractivity contribution in [3.63, 3.8) is 0 Å². The van der Waals surface area contributed by atoms with Gasteiger partial charge in [-0.1, -0.05) is 0 Å². The van der Waals surface area contributed by atoms with Gasteiger partial charge >= 0.3 is 66.8 Å². The van der Waals surface area contributed by atoms with Crippen molar-refractivity contribution in [2.24, 2.45) is 0 Å². The van der Waals surface area contributed by atoms with E-state index in [1.807, 2.05) is 0 Å². The van der Waals surface area contributed by atoms with Crippen molar-refractivity contribution < 1.29 is 105 Å². The Bertz CT molecular complexity index is 870. The molecule has 210 valence electrons. The van der Waals surface area contributed by atoms with Crippen molar-refractivity contribution in [1.82, 2.24) is 0 Å². The van der Waals surface area contributed by atoms with Crippen LogP contribution >= 0.6 is 0 Å². The van der Waals surface area contributed by atoms with E-state index in [4.69, 9.17) is 9.11 Å². The molecule has 0 aliphatic carbocycles. The smallest absolute Gasteiger partial charge is 0.281 e. The molecule has 0 atom stereocenters. The van der Waals surface area contributed by atoms with Gasteiger partial charge in [0.1, 0.15) is 0 Å². The predicted molar refractivity (Wildman–Crippen MR) is 70.6 cm³/mol. The molecule has 0 heterocycles. The molecule has 0 aliphatic rings. The molecular formula is C8H2F18MgO6S2. The van der Waals surface area contributed by atoms with E-state index in [1.165, 1.54) is 0 Å². The fourth-order valence-electron chi connectivity index (χ4n) is 1.05. The Morgan fingerprint density at radius 3 is 0.600 bits per heavy atom. The summed E-state index contributed by atoms with van der Waals surface area (Å²) < 4.78 is 268. The Labute approximate surface area is 195 Å². The van der Waals surface area contributed by atoms with Crippen LogP contribution < -0.4 is 0 Å². The van der Waals surface area contributed by atoms with E-state index in [0.717, 1.165) is 0 Å². The summed E-state index contributed by atoms with van der Waals surface area (Å²) in [4.78, 5) is 0. The lowest BCUT2D eigenvalue weighted by Crippen LogP contribution is -2.63. The average Bonchev–Trinajstić information content (AvgIpc) is 2.50. The highest BCUT2D eigenvalue weighted by Gasteiger charge is 2.86. The molecule has 0 saturated heterocycles. The van der Waals surface area contributed by atoms with Gasteiger partial charge in [-0.2, -0.15) is 95.9 Å². The molecule has 2 radical (unpaired) electrons. The molecule has 0 aromatic heterocycles. The molecule has 0 aromatic carbocycles. The van der Waals surface area contributed by atoms with Crippen molar-refractivity contribution >= 4 is 43.3 Å². The third kappa shape index (κ3) is 6.43. The molecule has 0 bridgehead atoms. The molecule has 0 saturated carbocycles. The van der Waals surface area contributed by atoms with E-state index in [2.05, 4.69) is 0 Å². The van der Waals surface area contributed by atoms with Gasteiger partial charge in [0.05, 0.1) is 0 Å². The normalized spacial score (nSPS) is 15.7. The lowest BCUT2D eigenvalue weighted by Gasteiger charge is -2.31. The number of rotatable bonds is 6. The van der Waals surface area contributed by atoms with Crippen molar-refractivity contribution in [1.29, 1.82) is 0 Å². The van der Waals surface area contributed by atoms with Gasteiger partial charge in [0.15, 0.2) is 0 Å². The summed E-state index contributed by atoms with van der Waals surface area (Å²) in [5.41, 5.74) is 0. The molecule has 2 N–H and O–H groups in total. The summed E-state index contributed by atoms with van der Waals surface area (Å²) in [5, 5.41) is -14.0. The monoisotopic (exact) mass is 624 g/mol. The van der Waals surface area contributed by atoms with Crippen LogP contribution in [0.2, 0.25) is 0 Å². The Morgan fingerprint density at radius 1 is 0.371 bits per heavy atom. The van der Waals surface area contributed by atoms with Gasteiger partial charge < -0.3 is 0 Å². The molecule has 0 amide bonds. The van der Waals surface area contributed by atoms with Crippen LogP contribution in [0.15, 0.2) is 0 Å². The average molecular weight is 625 g/mol. The minimum atomic E-state index is -7.37. The van der Waals surface area contributed by atoms with Crippen LogP contribution in [-0.2, 0) is 20.2 Å². The summed E-state index contributed by atoms with van der Waals surface area (Å²) in [6.07, 6.45) is -14.3. The molecule has 0 rings (SSSR count). The first-order valence-corrected chi connectivity index (χ1v) is 9.22. The lowest BCUT2D eigenvalue weighted by atomic mass is 10.1. The second-order valence-electron chi connectivity index (χ2n) is 5.28. The molecule has 0 aliphatic heterocycles. The fourth-order valence-corrected chi connectivity index (χ4v) is 1.95. The zero-order valence-corrected chi connectivity index (χ0v) is 17.9. The van der Waals surface area contributed by atoms with Gasteiger partial charge in [-0.05, 0) is 0 Å². The zero-order valence-electron chi connectivity index (χ0n) is 14.9. The van der Waals surface area contributed by atoms with E-state index >= 15 is 0 Å². The first kappa shape index (κ1) is 38.8. The Balaban J connectivity index is -0.000000569. The van der Waals surface area contributed by atoms with E-state index in [9.17, 15) is 95.9 Å². The summed E-state index contributed by atoms with van der Waals surface area (Å²) in [6.45, 7) is 0. The molecule has 0 spiro atoms. The quantitative estimate of drug-likeness (QED) is 0.261. The van der Waals surface area contributed by atoms with Crippen molar-refractivity contribution in [2.75, 3.05) is 0 Å². The lowest BCUT2D eigenvalue weighted by molar-refractivity contribution is -0.382. The Hall–Kier alpha value is -0.674. The SMILES string of the molecule is O=S(=O)(O)C(F)(F)C(F)(F)C(F)(F)C(F)(F)F.O=S(=O)(O)C(F)(F)C(F)(F)C(F)(F)C(F)(F)F.[Mg]. The van der Waals surface area contributed by atoms with E-state index in [0.29, 0.717) is 0 Å². The Morgan fingerprint density at radius 2 is 0.514 bits per heavy atom. The van der Waals surface area contributed by atoms with Crippen LogP contribution in [0, 0.1) is 0 Å². The molecule has 0 unspecified atom stereocenters. The third-order valence-electron chi connectivity index (χ3n) is 2.88. The van der Waals surface area contributed by atoms with Gasteiger partial charge in [0.25, 0.3) is 0 Å². The molecule has 6 nitrogen and oxygen atoms in total. The number of hydrogen-bond donors (Lipinski definition) is 2. The van der Waals surface area contributed by atoms with Crippen LogP contribution in [0.5, 0.6) is 0 Å². The zero-order chi connectivity index (χ0) is 29.0. The van der Waals surface area contributed by atoms with Crippen LogP contribution in [0.4, 0.5) is 79.0 Å². The number of hydrogen-bond acceptors (Lipinski definition) is 4. The van der Waals surface area contributed by atoms with Crippen molar-refractivity contribution in [3.05, 3.63) is 0 Å². The van der Waals surface area contributed by atoms with E-state index in [-0.39, 0.29) is 23.1 Å². The minimum absolute atomic E-state index is 0. The first-order valence-electron chi connectivity index (χ1n) is 6.34. The molecule has 35 heavy (non-hydrogen) atoms. The third-order valence-corrected chi connectivity index (χ3v) is 4.69. The second kappa shape index (κ2) is 9.89. The predicted octanol–water partition coefficient (Wildman–Crippen LogP) is 4.22. The Kier molecular flexibility index (Phi) is 11.0. The van der Waals surface area contributed by atoms with Gasteiger partial charge in [0.2, 0.25) is 0 Å². The fraction of sp³-hybridized carbons (Fsp3) is 1.00. The summed E-state index contributed by atoms with van der Waals surface area (Å²) in [7, 11) is -14.3. The van der Waals surface area contributed by atoms with Gasteiger partial charge in [-0.25, -0.2) is 0 Å². The maximum atomic E-state index is 12.2. The van der Waals surface area contributed by atoms with Crippen LogP contribution in [0.3, 0.4) is 0 Å². The van der Waals surface area contributed by atoms with Crippen LogP contribution in [0.1, 0.15) is 0 Å². The molecule has 0 fully saturated rings.